The van der Waals surface area contributed by atoms with Crippen molar-refractivity contribution in [2.24, 2.45) is 0 Å². The molecule has 1 aromatic heterocycles. The summed E-state index contributed by atoms with van der Waals surface area (Å²) in [4.78, 5) is 15.4. The largest absolute Gasteiger partial charge is 0.359 e. The van der Waals surface area contributed by atoms with Gasteiger partial charge in [-0.15, -0.1) is 0 Å². The smallest absolute Gasteiger partial charge is 0.179 e. The minimum absolute atomic E-state index is 0.101. The van der Waals surface area contributed by atoms with Crippen LogP contribution in [0.3, 0.4) is 0 Å². The van der Waals surface area contributed by atoms with Crippen molar-refractivity contribution < 1.29 is 4.79 Å². The van der Waals surface area contributed by atoms with Crippen molar-refractivity contribution in [3.63, 3.8) is 0 Å². The van der Waals surface area contributed by atoms with Gasteiger partial charge < -0.3 is 4.98 Å². The molecule has 0 bridgehead atoms. The number of hydrogen-bond acceptors (Lipinski definition) is 1. The Bertz CT molecular complexity index is 704. The lowest BCUT2D eigenvalue weighted by atomic mass is 9.74. The van der Waals surface area contributed by atoms with Crippen LogP contribution in [0.15, 0.2) is 30.5 Å². The topological polar surface area (TPSA) is 32.9 Å². The molecule has 2 nitrogen and oxygen atoms in total. The monoisotopic (exact) mass is 353 g/mol. The van der Waals surface area contributed by atoms with E-state index >= 15 is 0 Å². The number of Topliss-reactive ketones (excluding diaryl/α,β-unsaturated/α-hetero) is 1. The molecule has 0 atom stereocenters. The highest BCUT2D eigenvalue weighted by Gasteiger charge is 2.26. The van der Waals surface area contributed by atoms with Crippen molar-refractivity contribution in [2.45, 2.75) is 85.0 Å². The van der Waals surface area contributed by atoms with Crippen molar-refractivity contribution in [1.82, 2.24) is 4.98 Å². The summed E-state index contributed by atoms with van der Waals surface area (Å²) in [6.45, 7) is 16.0. The van der Waals surface area contributed by atoms with Gasteiger partial charge in [0.15, 0.2) is 5.78 Å². The molecule has 142 valence electrons. The van der Waals surface area contributed by atoms with E-state index in [1.807, 2.05) is 18.3 Å². The quantitative estimate of drug-likeness (QED) is 0.601. The molecule has 0 amide bonds. The summed E-state index contributed by atoms with van der Waals surface area (Å²) in [5, 5.41) is 0. The maximum absolute atomic E-state index is 12.4. The van der Waals surface area contributed by atoms with E-state index in [1.165, 1.54) is 22.3 Å². The molecule has 2 rings (SSSR count). The third-order valence-electron chi connectivity index (χ3n) is 4.96. The second-order valence-electron chi connectivity index (χ2n) is 9.43. The molecule has 1 heterocycles. The molecular weight excluding hydrogens is 318 g/mol. The van der Waals surface area contributed by atoms with E-state index in [2.05, 4.69) is 65.6 Å². The van der Waals surface area contributed by atoms with Gasteiger partial charge in [-0.2, -0.15) is 0 Å². The normalized spacial score (nSPS) is 12.4. The lowest BCUT2D eigenvalue weighted by molar-refractivity contribution is 0.0978. The summed E-state index contributed by atoms with van der Waals surface area (Å²) in [6.07, 6.45) is 5.40. The van der Waals surface area contributed by atoms with Gasteiger partial charge in [-0.05, 0) is 58.1 Å². The van der Waals surface area contributed by atoms with Crippen LogP contribution in [0, 0.1) is 0 Å². The zero-order valence-electron chi connectivity index (χ0n) is 17.6. The molecule has 0 aliphatic rings. The lowest BCUT2D eigenvalue weighted by Gasteiger charge is -2.31. The maximum atomic E-state index is 12.4. The van der Waals surface area contributed by atoms with Crippen molar-refractivity contribution in [3.8, 4) is 0 Å². The van der Waals surface area contributed by atoms with E-state index < -0.39 is 0 Å². The summed E-state index contributed by atoms with van der Waals surface area (Å²) in [6, 6.07) is 8.43. The molecule has 0 unspecified atom stereocenters. The van der Waals surface area contributed by atoms with Crippen LogP contribution in [0.25, 0.3) is 0 Å². The second-order valence-corrected chi connectivity index (χ2v) is 9.43. The predicted molar refractivity (Wildman–Crippen MR) is 111 cm³/mol. The molecule has 26 heavy (non-hydrogen) atoms. The van der Waals surface area contributed by atoms with Gasteiger partial charge in [-0.1, -0.05) is 67.0 Å². The number of aromatic amines is 1. The summed E-state index contributed by atoms with van der Waals surface area (Å²) < 4.78 is 0. The fraction of sp³-hybridized carbons (Fsp3) is 0.542. The molecule has 0 aliphatic carbocycles. The molecule has 0 fully saturated rings. The van der Waals surface area contributed by atoms with Gasteiger partial charge in [0, 0.05) is 12.6 Å². The molecule has 1 aromatic carbocycles. The van der Waals surface area contributed by atoms with Crippen LogP contribution in [0.4, 0.5) is 0 Å². The molecule has 0 spiro atoms. The van der Waals surface area contributed by atoms with Gasteiger partial charge in [-0.3, -0.25) is 4.79 Å². The fourth-order valence-electron chi connectivity index (χ4n) is 3.63. The first-order valence-electron chi connectivity index (χ1n) is 9.87. The lowest BCUT2D eigenvalue weighted by Crippen LogP contribution is -2.22. The highest BCUT2D eigenvalue weighted by atomic mass is 16.1. The number of rotatable bonds is 6. The van der Waals surface area contributed by atoms with E-state index in [-0.39, 0.29) is 16.6 Å². The number of ketones is 1. The number of aromatic nitrogens is 1. The third kappa shape index (κ3) is 4.87. The number of hydrogen-bond donors (Lipinski definition) is 1. The Morgan fingerprint density at radius 1 is 0.962 bits per heavy atom. The highest BCUT2D eigenvalue weighted by molar-refractivity contribution is 5.94. The van der Waals surface area contributed by atoms with Crippen LogP contribution in [0.1, 0.15) is 94.1 Å². The summed E-state index contributed by atoms with van der Waals surface area (Å²) in [7, 11) is 0. The van der Waals surface area contributed by atoms with E-state index in [1.54, 1.807) is 0 Å². The predicted octanol–water partition coefficient (Wildman–Crippen LogP) is 6.38. The Morgan fingerprint density at radius 3 is 1.96 bits per heavy atom. The van der Waals surface area contributed by atoms with Gasteiger partial charge in [0.1, 0.15) is 0 Å². The Balaban J connectivity index is 2.42. The SMILES string of the molecule is CCCc1c(C(C)(C)C)cc(CCC(=O)c2ccc[nH]2)cc1C(C)(C)C. The minimum atomic E-state index is 0.101. The van der Waals surface area contributed by atoms with E-state index in [9.17, 15) is 4.79 Å². The van der Waals surface area contributed by atoms with Gasteiger partial charge in [-0.25, -0.2) is 0 Å². The number of carbonyl (C=O) groups is 1. The minimum Gasteiger partial charge on any atom is -0.359 e. The van der Waals surface area contributed by atoms with Gasteiger partial charge >= 0.3 is 0 Å². The Morgan fingerprint density at radius 2 is 1.54 bits per heavy atom. The van der Waals surface area contributed by atoms with Gasteiger partial charge in [0.25, 0.3) is 0 Å². The number of carbonyl (C=O) groups excluding carboxylic acids is 1. The van der Waals surface area contributed by atoms with E-state index in [4.69, 9.17) is 0 Å². The average Bonchev–Trinajstić information content (AvgIpc) is 3.06. The van der Waals surface area contributed by atoms with Crippen LogP contribution >= 0.6 is 0 Å². The molecule has 1 N–H and O–H groups in total. The van der Waals surface area contributed by atoms with Crippen LogP contribution in [-0.2, 0) is 23.7 Å². The zero-order valence-corrected chi connectivity index (χ0v) is 17.6. The van der Waals surface area contributed by atoms with Gasteiger partial charge in [0.05, 0.1) is 5.69 Å². The molecule has 2 aromatic rings. The van der Waals surface area contributed by atoms with Crippen molar-refractivity contribution >= 4 is 5.78 Å². The molecule has 0 saturated carbocycles. The fourth-order valence-corrected chi connectivity index (χ4v) is 3.63. The molecular formula is C24H35NO. The number of aryl methyl sites for hydroxylation is 1. The zero-order chi connectivity index (χ0) is 19.5. The Labute approximate surface area is 159 Å². The first kappa shape index (κ1) is 20.5. The maximum Gasteiger partial charge on any atom is 0.179 e. The standard InChI is InChI=1S/C24H35NO/c1-8-10-18-19(23(2,3)4)15-17(16-20(18)24(5,6)7)12-13-22(26)21-11-9-14-25-21/h9,11,14-16,25H,8,10,12-13H2,1-7H3. The van der Waals surface area contributed by atoms with Gasteiger partial charge in [0.2, 0.25) is 0 Å². The summed E-state index contributed by atoms with van der Waals surface area (Å²) in [5.74, 6) is 0.183. The Kier molecular flexibility index (Phi) is 6.16. The first-order valence-corrected chi connectivity index (χ1v) is 9.87. The summed E-state index contributed by atoms with van der Waals surface area (Å²) >= 11 is 0. The number of H-pyrrole nitrogens is 1. The van der Waals surface area contributed by atoms with Crippen LogP contribution in [0.5, 0.6) is 0 Å². The van der Waals surface area contributed by atoms with E-state index in [0.29, 0.717) is 12.1 Å². The summed E-state index contributed by atoms with van der Waals surface area (Å²) in [5.41, 5.74) is 6.57. The Hall–Kier alpha value is -1.83. The van der Waals surface area contributed by atoms with Crippen molar-refractivity contribution in [3.05, 3.63) is 58.4 Å². The van der Waals surface area contributed by atoms with Crippen LogP contribution < -0.4 is 0 Å². The first-order chi connectivity index (χ1) is 12.0. The third-order valence-corrected chi connectivity index (χ3v) is 4.96. The highest BCUT2D eigenvalue weighted by Crippen LogP contribution is 2.36. The van der Waals surface area contributed by atoms with Crippen LogP contribution in [0.2, 0.25) is 0 Å². The van der Waals surface area contributed by atoms with Crippen LogP contribution in [-0.4, -0.2) is 10.8 Å². The molecule has 0 radical (unpaired) electrons. The van der Waals surface area contributed by atoms with Crippen molar-refractivity contribution in [1.29, 1.82) is 0 Å². The second kappa shape index (κ2) is 7.82. The molecule has 0 saturated heterocycles. The average molecular weight is 354 g/mol. The number of benzene rings is 1. The number of nitrogens with one attached hydrogen (secondary N) is 1. The molecule has 2 heteroatoms. The van der Waals surface area contributed by atoms with Crippen molar-refractivity contribution in [2.75, 3.05) is 0 Å². The van der Waals surface area contributed by atoms with E-state index in [0.717, 1.165) is 19.3 Å². The molecule has 0 aliphatic heterocycles.